The lowest BCUT2D eigenvalue weighted by Crippen LogP contribution is -2.34. The number of carbonyl (C=O) groups is 2. The molecule has 0 atom stereocenters. The number of carbonyl (C=O) groups excluding carboxylic acids is 2. The molecule has 3 amide bonds. The minimum absolute atomic E-state index is 0.0251. The number of hydrogen-bond acceptors (Lipinski definition) is 5. The van der Waals surface area contributed by atoms with Gasteiger partial charge in [-0.1, -0.05) is 0 Å². The van der Waals surface area contributed by atoms with E-state index >= 15 is 0 Å². The Hall–Kier alpha value is -1.67. The first-order valence-electron chi connectivity index (χ1n) is 7.51. The molecule has 0 saturated carbocycles. The van der Waals surface area contributed by atoms with Gasteiger partial charge in [0, 0.05) is 45.2 Å². The summed E-state index contributed by atoms with van der Waals surface area (Å²) in [5.74, 6) is -0.0251. The molecule has 0 aliphatic carbocycles. The maximum atomic E-state index is 12.3. The minimum atomic E-state index is -0.0634. The summed E-state index contributed by atoms with van der Waals surface area (Å²) in [5, 5.41) is 2.36. The minimum Gasteiger partial charge on any atom is -0.383 e. The fourth-order valence-electron chi connectivity index (χ4n) is 2.74. The SMILES string of the molecule is COCCN1CCN(c2nc(C(=O)N3CCCC3)cs2)C1=O. The van der Waals surface area contributed by atoms with E-state index in [-0.39, 0.29) is 11.9 Å². The summed E-state index contributed by atoms with van der Waals surface area (Å²) in [6.07, 6.45) is 2.11. The first-order chi connectivity index (χ1) is 10.7. The van der Waals surface area contributed by atoms with E-state index in [0.29, 0.717) is 37.1 Å². The highest BCUT2D eigenvalue weighted by atomic mass is 32.1. The Morgan fingerprint density at radius 3 is 2.82 bits per heavy atom. The van der Waals surface area contributed by atoms with E-state index in [9.17, 15) is 9.59 Å². The van der Waals surface area contributed by atoms with Crippen molar-refractivity contribution >= 4 is 28.4 Å². The molecule has 0 spiro atoms. The van der Waals surface area contributed by atoms with Gasteiger partial charge in [-0.05, 0) is 12.8 Å². The zero-order valence-corrected chi connectivity index (χ0v) is 13.5. The third-order valence-electron chi connectivity index (χ3n) is 4.00. The molecular weight excluding hydrogens is 304 g/mol. The number of rotatable bonds is 5. The van der Waals surface area contributed by atoms with Crippen LogP contribution in [0.5, 0.6) is 0 Å². The quantitative estimate of drug-likeness (QED) is 0.818. The number of methoxy groups -OCH3 is 1. The molecule has 3 rings (SSSR count). The predicted octanol–water partition coefficient (Wildman–Crippen LogP) is 1.27. The third-order valence-corrected chi connectivity index (χ3v) is 4.86. The van der Waals surface area contributed by atoms with Crippen molar-refractivity contribution in [2.75, 3.05) is 51.3 Å². The Morgan fingerprint density at radius 1 is 1.32 bits per heavy atom. The zero-order valence-electron chi connectivity index (χ0n) is 12.7. The average molecular weight is 324 g/mol. The highest BCUT2D eigenvalue weighted by molar-refractivity contribution is 7.14. The highest BCUT2D eigenvalue weighted by Crippen LogP contribution is 2.25. The molecule has 3 heterocycles. The Labute approximate surface area is 133 Å². The van der Waals surface area contributed by atoms with Crippen molar-refractivity contribution in [3.05, 3.63) is 11.1 Å². The third kappa shape index (κ3) is 2.93. The zero-order chi connectivity index (χ0) is 15.5. The average Bonchev–Trinajstić information content (AvgIpc) is 3.25. The largest absolute Gasteiger partial charge is 0.383 e. The van der Waals surface area contributed by atoms with Crippen LogP contribution in [0.25, 0.3) is 0 Å². The van der Waals surface area contributed by atoms with Crippen LogP contribution in [0.3, 0.4) is 0 Å². The Balaban J connectivity index is 1.66. The second-order valence-corrected chi connectivity index (χ2v) is 6.27. The van der Waals surface area contributed by atoms with Crippen molar-refractivity contribution in [2.24, 2.45) is 0 Å². The fourth-order valence-corrected chi connectivity index (χ4v) is 3.56. The molecule has 1 aromatic rings. The Kier molecular flexibility index (Phi) is 4.58. The van der Waals surface area contributed by atoms with Crippen molar-refractivity contribution in [3.63, 3.8) is 0 Å². The van der Waals surface area contributed by atoms with Gasteiger partial charge in [0.25, 0.3) is 5.91 Å². The summed E-state index contributed by atoms with van der Waals surface area (Å²) >= 11 is 1.35. The van der Waals surface area contributed by atoms with Gasteiger partial charge in [0.15, 0.2) is 5.13 Å². The maximum Gasteiger partial charge on any atom is 0.326 e. The van der Waals surface area contributed by atoms with Gasteiger partial charge in [0.05, 0.1) is 6.61 Å². The van der Waals surface area contributed by atoms with Gasteiger partial charge in [0.2, 0.25) is 0 Å². The topological polar surface area (TPSA) is 66.0 Å². The predicted molar refractivity (Wildman–Crippen MR) is 83.4 cm³/mol. The lowest BCUT2D eigenvalue weighted by Gasteiger charge is -2.16. The summed E-state index contributed by atoms with van der Waals surface area (Å²) in [4.78, 5) is 34.2. The molecule has 8 heteroatoms. The second kappa shape index (κ2) is 6.62. The van der Waals surface area contributed by atoms with Crippen LogP contribution in [-0.2, 0) is 4.74 Å². The molecule has 120 valence electrons. The van der Waals surface area contributed by atoms with Crippen LogP contribution in [0.15, 0.2) is 5.38 Å². The van der Waals surface area contributed by atoms with Crippen LogP contribution in [0, 0.1) is 0 Å². The molecule has 2 aliphatic rings. The molecule has 2 aliphatic heterocycles. The summed E-state index contributed by atoms with van der Waals surface area (Å²) in [6, 6.07) is -0.0634. The van der Waals surface area contributed by atoms with E-state index in [2.05, 4.69) is 4.98 Å². The van der Waals surface area contributed by atoms with Crippen molar-refractivity contribution in [1.82, 2.24) is 14.8 Å². The summed E-state index contributed by atoms with van der Waals surface area (Å²) in [5.41, 5.74) is 0.449. The van der Waals surface area contributed by atoms with Gasteiger partial charge < -0.3 is 14.5 Å². The number of nitrogens with zero attached hydrogens (tertiary/aromatic N) is 4. The van der Waals surface area contributed by atoms with E-state index in [1.54, 1.807) is 22.3 Å². The van der Waals surface area contributed by atoms with E-state index in [0.717, 1.165) is 25.9 Å². The number of thiazole rings is 1. The molecule has 0 unspecified atom stereocenters. The second-order valence-electron chi connectivity index (χ2n) is 5.43. The van der Waals surface area contributed by atoms with Crippen LogP contribution >= 0.6 is 11.3 Å². The molecule has 22 heavy (non-hydrogen) atoms. The molecule has 2 fully saturated rings. The van der Waals surface area contributed by atoms with Crippen LogP contribution in [0.2, 0.25) is 0 Å². The fraction of sp³-hybridized carbons (Fsp3) is 0.643. The molecular formula is C14H20N4O3S. The van der Waals surface area contributed by atoms with E-state index in [4.69, 9.17) is 4.74 Å². The van der Waals surface area contributed by atoms with Crippen molar-refractivity contribution in [2.45, 2.75) is 12.8 Å². The number of anilines is 1. The van der Waals surface area contributed by atoms with Gasteiger partial charge in [0.1, 0.15) is 5.69 Å². The smallest absolute Gasteiger partial charge is 0.326 e. The van der Waals surface area contributed by atoms with Crippen LogP contribution in [0.1, 0.15) is 23.3 Å². The number of hydrogen-bond donors (Lipinski definition) is 0. The number of ether oxygens (including phenoxy) is 1. The van der Waals surface area contributed by atoms with Crippen LogP contribution in [0.4, 0.5) is 9.93 Å². The van der Waals surface area contributed by atoms with Crippen molar-refractivity contribution in [3.8, 4) is 0 Å². The Morgan fingerprint density at radius 2 is 2.09 bits per heavy atom. The first kappa shape index (κ1) is 15.2. The van der Waals surface area contributed by atoms with Crippen LogP contribution < -0.4 is 4.90 Å². The van der Waals surface area contributed by atoms with Gasteiger partial charge in [-0.3, -0.25) is 9.69 Å². The van der Waals surface area contributed by atoms with E-state index < -0.39 is 0 Å². The maximum absolute atomic E-state index is 12.3. The van der Waals surface area contributed by atoms with Crippen molar-refractivity contribution in [1.29, 1.82) is 0 Å². The van der Waals surface area contributed by atoms with Gasteiger partial charge in [-0.25, -0.2) is 9.78 Å². The number of amides is 3. The van der Waals surface area contributed by atoms with Gasteiger partial charge in [-0.2, -0.15) is 0 Å². The van der Waals surface area contributed by atoms with E-state index in [1.807, 2.05) is 4.90 Å². The lowest BCUT2D eigenvalue weighted by atomic mass is 10.4. The monoisotopic (exact) mass is 324 g/mol. The molecule has 2 saturated heterocycles. The molecule has 0 aromatic carbocycles. The number of aromatic nitrogens is 1. The Bertz CT molecular complexity index is 556. The van der Waals surface area contributed by atoms with Gasteiger partial charge in [-0.15, -0.1) is 11.3 Å². The molecule has 0 N–H and O–H groups in total. The summed E-state index contributed by atoms with van der Waals surface area (Å²) in [7, 11) is 1.62. The molecule has 0 bridgehead atoms. The number of urea groups is 1. The first-order valence-corrected chi connectivity index (χ1v) is 8.39. The summed E-state index contributed by atoms with van der Waals surface area (Å²) in [6.45, 7) is 3.98. The van der Waals surface area contributed by atoms with E-state index in [1.165, 1.54) is 11.3 Å². The van der Waals surface area contributed by atoms with Crippen molar-refractivity contribution < 1.29 is 14.3 Å². The molecule has 7 nitrogen and oxygen atoms in total. The van der Waals surface area contributed by atoms with Gasteiger partial charge >= 0.3 is 6.03 Å². The highest BCUT2D eigenvalue weighted by Gasteiger charge is 2.32. The number of likely N-dealkylation sites (tertiary alicyclic amines) is 1. The molecule has 1 aromatic heterocycles. The summed E-state index contributed by atoms with van der Waals surface area (Å²) < 4.78 is 5.01. The standard InChI is InChI=1S/C14H20N4O3S/c1-21-9-8-17-6-7-18(14(17)20)13-15-11(10-22-13)12(19)16-4-2-3-5-16/h10H,2-9H2,1H3. The van der Waals surface area contributed by atoms with Crippen LogP contribution in [-0.4, -0.2) is 73.2 Å². The molecule has 0 radical (unpaired) electrons. The normalized spacial score (nSPS) is 18.6. The lowest BCUT2D eigenvalue weighted by molar-refractivity contribution is 0.0788.